The van der Waals surface area contributed by atoms with E-state index in [1.807, 2.05) is 6.92 Å². The first kappa shape index (κ1) is 15.2. The largest absolute Gasteiger partial charge is 0.393 e. The van der Waals surface area contributed by atoms with E-state index in [0.29, 0.717) is 12.0 Å². The van der Waals surface area contributed by atoms with Gasteiger partial charge in [-0.15, -0.1) is 0 Å². The van der Waals surface area contributed by atoms with E-state index in [2.05, 4.69) is 5.32 Å². The van der Waals surface area contributed by atoms with Crippen LogP contribution in [-0.4, -0.2) is 16.9 Å². The zero-order valence-corrected chi connectivity index (χ0v) is 11.8. The minimum absolute atomic E-state index is 0.0678. The lowest BCUT2D eigenvalue weighted by Crippen LogP contribution is -2.37. The molecule has 7 heteroatoms. The summed E-state index contributed by atoms with van der Waals surface area (Å²) in [5, 5.41) is 13.6. The lowest BCUT2D eigenvalue weighted by molar-refractivity contribution is -0.384. The second-order valence-electron chi connectivity index (χ2n) is 5.45. The molecule has 21 heavy (non-hydrogen) atoms. The third kappa shape index (κ3) is 3.29. The van der Waals surface area contributed by atoms with Gasteiger partial charge in [0.05, 0.1) is 16.6 Å². The van der Waals surface area contributed by atoms with Gasteiger partial charge in [0.15, 0.2) is 0 Å². The van der Waals surface area contributed by atoms with E-state index >= 15 is 0 Å². The molecule has 114 valence electrons. The van der Waals surface area contributed by atoms with Crippen molar-refractivity contribution in [3.63, 3.8) is 0 Å². The Morgan fingerprint density at radius 3 is 2.67 bits per heavy atom. The number of benzene rings is 1. The smallest absolute Gasteiger partial charge is 0.295 e. The first-order valence-electron chi connectivity index (χ1n) is 6.94. The monoisotopic (exact) mass is 295 g/mol. The Morgan fingerprint density at radius 1 is 1.48 bits per heavy atom. The number of anilines is 1. The fourth-order valence-electron chi connectivity index (χ4n) is 2.80. The molecule has 1 saturated carbocycles. The maximum atomic E-state index is 13.4. The molecule has 6 nitrogen and oxygen atoms in total. The van der Waals surface area contributed by atoms with Crippen LogP contribution in [0.4, 0.5) is 15.8 Å². The predicted molar refractivity (Wildman–Crippen MR) is 76.4 cm³/mol. The molecule has 1 atom stereocenters. The van der Waals surface area contributed by atoms with E-state index in [-0.39, 0.29) is 17.3 Å². The van der Waals surface area contributed by atoms with E-state index in [0.717, 1.165) is 31.7 Å². The van der Waals surface area contributed by atoms with Crippen molar-refractivity contribution in [1.29, 1.82) is 0 Å². The number of carbonyl (C=O) groups excluding carboxylic acids is 1. The number of carbonyl (C=O) groups is 1. The van der Waals surface area contributed by atoms with Crippen molar-refractivity contribution in [2.24, 2.45) is 5.92 Å². The fraction of sp³-hybridized carbons (Fsp3) is 0.500. The molecule has 0 saturated heterocycles. The Morgan fingerprint density at radius 2 is 2.10 bits per heavy atom. The van der Waals surface area contributed by atoms with Crippen LogP contribution in [0.5, 0.6) is 0 Å². The number of nitrogens with one attached hydrogen (secondary N) is 1. The van der Waals surface area contributed by atoms with E-state index in [4.69, 9.17) is 5.73 Å². The number of hydrogen-bond donors (Lipinski definition) is 2. The van der Waals surface area contributed by atoms with Gasteiger partial charge in [-0.1, -0.05) is 12.8 Å². The Hall–Kier alpha value is -2.18. The molecule has 2 rings (SSSR count). The van der Waals surface area contributed by atoms with Gasteiger partial charge in [-0.05, 0) is 31.7 Å². The molecule has 1 unspecified atom stereocenters. The molecule has 1 aromatic rings. The zero-order chi connectivity index (χ0) is 15.6. The molecule has 0 bridgehead atoms. The summed E-state index contributed by atoms with van der Waals surface area (Å²) in [7, 11) is 0. The highest BCUT2D eigenvalue weighted by atomic mass is 19.1. The van der Waals surface area contributed by atoms with Crippen LogP contribution in [0.1, 0.15) is 43.0 Å². The number of nitrogens with two attached hydrogens (primary N) is 1. The van der Waals surface area contributed by atoms with Gasteiger partial charge in [0.1, 0.15) is 11.5 Å². The van der Waals surface area contributed by atoms with Gasteiger partial charge in [-0.25, -0.2) is 4.39 Å². The summed E-state index contributed by atoms with van der Waals surface area (Å²) in [5.41, 5.74) is 4.53. The highest BCUT2D eigenvalue weighted by molar-refractivity contribution is 6.01. The summed E-state index contributed by atoms with van der Waals surface area (Å²) in [6.07, 6.45) is 4.36. The van der Waals surface area contributed by atoms with E-state index in [9.17, 15) is 19.3 Å². The number of nitrogen functional groups attached to an aromatic ring is 1. The minimum atomic E-state index is -0.852. The number of amides is 1. The molecule has 0 radical (unpaired) electrons. The van der Waals surface area contributed by atoms with Crippen molar-refractivity contribution in [3.8, 4) is 0 Å². The Bertz CT molecular complexity index is 571. The number of nitro groups is 1. The first-order valence-corrected chi connectivity index (χ1v) is 6.94. The number of rotatable bonds is 4. The quantitative estimate of drug-likeness (QED) is 0.506. The van der Waals surface area contributed by atoms with Crippen LogP contribution in [0, 0.1) is 21.8 Å². The number of nitro benzene ring substituents is 1. The van der Waals surface area contributed by atoms with Crippen LogP contribution in [-0.2, 0) is 0 Å². The van der Waals surface area contributed by atoms with Crippen LogP contribution in [0.2, 0.25) is 0 Å². The number of nitrogens with zero attached hydrogens (tertiary/aromatic N) is 1. The molecule has 0 heterocycles. The lowest BCUT2D eigenvalue weighted by Gasteiger charge is -2.20. The maximum Gasteiger partial charge on any atom is 0.295 e. The molecule has 0 aromatic heterocycles. The number of hydrogen-bond acceptors (Lipinski definition) is 4. The molecule has 1 fully saturated rings. The highest BCUT2D eigenvalue weighted by Gasteiger charge is 2.26. The summed E-state index contributed by atoms with van der Waals surface area (Å²) >= 11 is 0. The minimum Gasteiger partial charge on any atom is -0.393 e. The standard InChI is InChI=1S/C14H18FN3O3/c1-8(9-4-2-3-5-9)17-14(19)11-6-10(15)7-12(13(11)16)18(20)21/h6-9H,2-5,16H2,1H3,(H,17,19). The molecule has 1 aromatic carbocycles. The van der Waals surface area contributed by atoms with Crippen LogP contribution in [0.3, 0.4) is 0 Å². The van der Waals surface area contributed by atoms with E-state index in [1.54, 1.807) is 0 Å². The van der Waals surface area contributed by atoms with Crippen LogP contribution < -0.4 is 11.1 Å². The molecule has 3 N–H and O–H groups in total. The SMILES string of the molecule is CC(NC(=O)c1cc(F)cc([N+](=O)[O-])c1N)C1CCCC1. The highest BCUT2D eigenvalue weighted by Crippen LogP contribution is 2.29. The molecule has 1 aliphatic carbocycles. The Kier molecular flexibility index (Phi) is 4.40. The second-order valence-corrected chi connectivity index (χ2v) is 5.45. The number of halogens is 1. The van der Waals surface area contributed by atoms with Crippen LogP contribution in [0.15, 0.2) is 12.1 Å². The van der Waals surface area contributed by atoms with Gasteiger partial charge < -0.3 is 11.1 Å². The summed E-state index contributed by atoms with van der Waals surface area (Å²) in [5.74, 6) is -1.04. The average molecular weight is 295 g/mol. The van der Waals surface area contributed by atoms with Gasteiger partial charge in [0, 0.05) is 6.04 Å². The van der Waals surface area contributed by atoms with Crippen molar-refractivity contribution in [2.75, 3.05) is 5.73 Å². The maximum absolute atomic E-state index is 13.4. The Balaban J connectivity index is 2.20. The normalized spacial score (nSPS) is 16.7. The topological polar surface area (TPSA) is 98.3 Å². The fourth-order valence-corrected chi connectivity index (χ4v) is 2.80. The third-order valence-corrected chi connectivity index (χ3v) is 4.03. The second kappa shape index (κ2) is 6.07. The van der Waals surface area contributed by atoms with Crippen molar-refractivity contribution in [2.45, 2.75) is 38.6 Å². The van der Waals surface area contributed by atoms with Crippen molar-refractivity contribution in [3.05, 3.63) is 33.6 Å². The van der Waals surface area contributed by atoms with Gasteiger partial charge in [0.25, 0.3) is 11.6 Å². The van der Waals surface area contributed by atoms with Crippen LogP contribution in [0.25, 0.3) is 0 Å². The molecular weight excluding hydrogens is 277 g/mol. The van der Waals surface area contributed by atoms with E-state index in [1.165, 1.54) is 0 Å². The molecule has 0 aliphatic heterocycles. The lowest BCUT2D eigenvalue weighted by atomic mass is 9.99. The third-order valence-electron chi connectivity index (χ3n) is 4.03. The summed E-state index contributed by atoms with van der Waals surface area (Å²) < 4.78 is 13.4. The molecule has 1 amide bonds. The molecule has 1 aliphatic rings. The summed E-state index contributed by atoms with van der Waals surface area (Å²) in [4.78, 5) is 22.2. The summed E-state index contributed by atoms with van der Waals surface area (Å²) in [6, 6.07) is 1.58. The van der Waals surface area contributed by atoms with Gasteiger partial charge >= 0.3 is 0 Å². The average Bonchev–Trinajstić information content (AvgIpc) is 2.94. The summed E-state index contributed by atoms with van der Waals surface area (Å²) in [6.45, 7) is 1.89. The predicted octanol–water partition coefficient (Wildman–Crippen LogP) is 2.62. The first-order chi connectivity index (χ1) is 9.90. The van der Waals surface area contributed by atoms with Crippen molar-refractivity contribution >= 4 is 17.3 Å². The van der Waals surface area contributed by atoms with Gasteiger partial charge in [-0.2, -0.15) is 0 Å². The Labute approximate surface area is 121 Å². The van der Waals surface area contributed by atoms with Gasteiger partial charge in [0.2, 0.25) is 0 Å². The van der Waals surface area contributed by atoms with Crippen molar-refractivity contribution < 1.29 is 14.1 Å². The molecule has 0 spiro atoms. The zero-order valence-electron chi connectivity index (χ0n) is 11.8. The van der Waals surface area contributed by atoms with E-state index < -0.39 is 22.3 Å². The van der Waals surface area contributed by atoms with Gasteiger partial charge in [-0.3, -0.25) is 14.9 Å². The van der Waals surface area contributed by atoms with Crippen LogP contribution >= 0.6 is 0 Å². The van der Waals surface area contributed by atoms with Crippen molar-refractivity contribution in [1.82, 2.24) is 5.32 Å². The molecular formula is C14H18FN3O3.